The van der Waals surface area contributed by atoms with Crippen LogP contribution in [0.3, 0.4) is 0 Å². The van der Waals surface area contributed by atoms with Gasteiger partial charge in [-0.3, -0.25) is 4.79 Å². The molecule has 1 fully saturated rings. The van der Waals surface area contributed by atoms with Gasteiger partial charge in [0.25, 0.3) is 0 Å². The molecule has 26 heavy (non-hydrogen) atoms. The lowest BCUT2D eigenvalue weighted by atomic mass is 9.85. The molecule has 4 rings (SSSR count). The molecule has 6 nitrogen and oxygen atoms in total. The Bertz CT molecular complexity index is 771. The van der Waals surface area contributed by atoms with Gasteiger partial charge in [0.2, 0.25) is 12.7 Å². The first kappa shape index (κ1) is 18.7. The van der Waals surface area contributed by atoms with Gasteiger partial charge in [-0.25, -0.2) is 4.98 Å². The van der Waals surface area contributed by atoms with E-state index in [1.165, 1.54) is 0 Å². The minimum Gasteiger partial charge on any atom is -0.454 e. The predicted molar refractivity (Wildman–Crippen MR) is 101 cm³/mol. The highest BCUT2D eigenvalue weighted by Crippen LogP contribution is 2.34. The second kappa shape index (κ2) is 8.51. The van der Waals surface area contributed by atoms with Crippen LogP contribution in [0.15, 0.2) is 18.2 Å². The van der Waals surface area contributed by atoms with Gasteiger partial charge in [0.05, 0.1) is 5.69 Å². The molecule has 2 aliphatic rings. The van der Waals surface area contributed by atoms with Crippen molar-refractivity contribution in [1.29, 1.82) is 0 Å². The van der Waals surface area contributed by atoms with Gasteiger partial charge in [0, 0.05) is 23.8 Å². The number of carbonyl (C=O) groups is 1. The molecule has 0 radical (unpaired) electrons. The second-order valence-electron chi connectivity index (χ2n) is 6.32. The lowest BCUT2D eigenvalue weighted by Crippen LogP contribution is -2.27. The molecule has 140 valence electrons. The molecule has 1 aromatic carbocycles. The van der Waals surface area contributed by atoms with Crippen LogP contribution in [0.25, 0.3) is 0 Å². The minimum absolute atomic E-state index is 0.111. The molecule has 2 N–H and O–H groups in total. The van der Waals surface area contributed by atoms with Crippen molar-refractivity contribution in [1.82, 2.24) is 4.98 Å². The van der Waals surface area contributed by atoms with E-state index in [-0.39, 0.29) is 25.2 Å². The van der Waals surface area contributed by atoms with E-state index < -0.39 is 0 Å². The molecule has 1 aliphatic heterocycles. The molecule has 1 aliphatic carbocycles. The number of ether oxygens (including phenoxy) is 2. The third-order valence-corrected chi connectivity index (χ3v) is 5.34. The number of nitrogens with zero attached hydrogens (tertiary/aromatic N) is 1. The molecule has 0 unspecified atom stereocenters. The summed E-state index contributed by atoms with van der Waals surface area (Å²) in [5.41, 5.74) is 2.12. The molecule has 2 aromatic rings. The minimum atomic E-state index is 0.111. The number of aromatic nitrogens is 1. The standard InChI is InChI=1S/C17H18N2O3S.C2H6O/c1-10-13(7-11-5-6-14-15(8-11)22-9-21-14)18-17(23-10)19-16(20)12-3-2-4-12;1-2-3/h5-6,8,12H,2-4,7,9H2,1H3,(H,18,19,20);3H,2H2,1H3. The van der Waals surface area contributed by atoms with Crippen LogP contribution < -0.4 is 14.8 Å². The summed E-state index contributed by atoms with van der Waals surface area (Å²) in [5, 5.41) is 11.2. The zero-order valence-electron chi connectivity index (χ0n) is 15.1. The summed E-state index contributed by atoms with van der Waals surface area (Å²) < 4.78 is 10.7. The fourth-order valence-electron chi connectivity index (χ4n) is 2.77. The molecule has 0 atom stereocenters. The third kappa shape index (κ3) is 4.34. The zero-order valence-corrected chi connectivity index (χ0v) is 15.9. The SMILES string of the molecule is CCO.Cc1sc(NC(=O)C2CCC2)nc1Cc1ccc2c(c1)OCO2. The number of carbonyl (C=O) groups excluding carboxylic acids is 1. The molecule has 7 heteroatoms. The molecule has 1 amide bonds. The lowest BCUT2D eigenvalue weighted by molar-refractivity contribution is -0.122. The summed E-state index contributed by atoms with van der Waals surface area (Å²) in [6.07, 6.45) is 3.88. The lowest BCUT2D eigenvalue weighted by Gasteiger charge is -2.23. The van der Waals surface area contributed by atoms with E-state index in [2.05, 4.69) is 10.3 Å². The first-order valence-corrected chi connectivity index (χ1v) is 9.69. The Kier molecular flexibility index (Phi) is 6.11. The van der Waals surface area contributed by atoms with E-state index >= 15 is 0 Å². The summed E-state index contributed by atoms with van der Waals surface area (Å²) in [6, 6.07) is 5.95. The first-order chi connectivity index (χ1) is 12.6. The number of aliphatic hydroxyl groups excluding tert-OH is 1. The van der Waals surface area contributed by atoms with Crippen molar-refractivity contribution in [2.75, 3.05) is 18.7 Å². The van der Waals surface area contributed by atoms with Crippen molar-refractivity contribution in [2.45, 2.75) is 39.5 Å². The number of aliphatic hydroxyl groups is 1. The van der Waals surface area contributed by atoms with Crippen LogP contribution >= 0.6 is 11.3 Å². The molecule has 2 heterocycles. The van der Waals surface area contributed by atoms with E-state index in [0.29, 0.717) is 5.13 Å². The topological polar surface area (TPSA) is 80.7 Å². The normalized spacial score (nSPS) is 15.0. The van der Waals surface area contributed by atoms with Crippen LogP contribution in [0.5, 0.6) is 11.5 Å². The van der Waals surface area contributed by atoms with Crippen molar-refractivity contribution < 1.29 is 19.4 Å². The quantitative estimate of drug-likeness (QED) is 0.853. The summed E-state index contributed by atoms with van der Waals surface area (Å²) in [4.78, 5) is 17.8. The van der Waals surface area contributed by atoms with Gasteiger partial charge in [0.1, 0.15) is 0 Å². The van der Waals surface area contributed by atoms with Gasteiger partial charge >= 0.3 is 0 Å². The predicted octanol–water partition coefficient (Wildman–Crippen LogP) is 3.51. The van der Waals surface area contributed by atoms with Crippen LogP contribution in [-0.2, 0) is 11.2 Å². The number of fused-ring (bicyclic) bond motifs is 1. The first-order valence-electron chi connectivity index (χ1n) is 8.87. The van der Waals surface area contributed by atoms with Crippen LogP contribution in [0, 0.1) is 12.8 Å². The highest BCUT2D eigenvalue weighted by molar-refractivity contribution is 7.15. The van der Waals surface area contributed by atoms with Crippen molar-refractivity contribution in [3.05, 3.63) is 34.3 Å². The Hall–Kier alpha value is -2.12. The maximum Gasteiger partial charge on any atom is 0.231 e. The summed E-state index contributed by atoms with van der Waals surface area (Å²) >= 11 is 1.54. The fraction of sp³-hybridized carbons (Fsp3) is 0.474. The molecule has 1 saturated carbocycles. The van der Waals surface area contributed by atoms with Gasteiger partial charge in [-0.1, -0.05) is 12.5 Å². The zero-order chi connectivity index (χ0) is 18.5. The monoisotopic (exact) mass is 376 g/mol. The summed E-state index contributed by atoms with van der Waals surface area (Å²) in [5.74, 6) is 1.86. The number of hydrogen-bond donors (Lipinski definition) is 2. The molecule has 0 spiro atoms. The molecular formula is C19H24N2O4S. The van der Waals surface area contributed by atoms with Crippen molar-refractivity contribution in [2.24, 2.45) is 5.92 Å². The van der Waals surface area contributed by atoms with E-state index in [0.717, 1.165) is 53.3 Å². The molecule has 0 saturated heterocycles. The number of nitrogens with one attached hydrogen (secondary N) is 1. The Morgan fingerprint density at radius 3 is 2.77 bits per heavy atom. The van der Waals surface area contributed by atoms with Gasteiger partial charge in [-0.2, -0.15) is 0 Å². The summed E-state index contributed by atoms with van der Waals surface area (Å²) in [6.45, 7) is 4.25. The average Bonchev–Trinajstić information content (AvgIpc) is 3.13. The maximum absolute atomic E-state index is 12.0. The number of hydrogen-bond acceptors (Lipinski definition) is 6. The van der Waals surface area contributed by atoms with Crippen LogP contribution in [0.1, 0.15) is 42.3 Å². The van der Waals surface area contributed by atoms with E-state index in [1.54, 1.807) is 18.3 Å². The smallest absolute Gasteiger partial charge is 0.231 e. The average molecular weight is 376 g/mol. The van der Waals surface area contributed by atoms with Gasteiger partial charge in [0.15, 0.2) is 16.6 Å². The molecular weight excluding hydrogens is 352 g/mol. The van der Waals surface area contributed by atoms with Crippen LogP contribution in [0.2, 0.25) is 0 Å². The Morgan fingerprint density at radius 1 is 1.35 bits per heavy atom. The Morgan fingerprint density at radius 2 is 2.08 bits per heavy atom. The highest BCUT2D eigenvalue weighted by atomic mass is 32.1. The largest absolute Gasteiger partial charge is 0.454 e. The fourth-order valence-corrected chi connectivity index (χ4v) is 3.60. The van der Waals surface area contributed by atoms with E-state index in [9.17, 15) is 4.79 Å². The van der Waals surface area contributed by atoms with Gasteiger partial charge in [-0.05, 0) is 44.4 Å². The number of anilines is 1. The molecule has 1 aromatic heterocycles. The Labute approximate surface area is 157 Å². The van der Waals surface area contributed by atoms with Crippen molar-refractivity contribution >= 4 is 22.4 Å². The maximum atomic E-state index is 12.0. The number of amides is 1. The van der Waals surface area contributed by atoms with Crippen molar-refractivity contribution in [3.63, 3.8) is 0 Å². The number of thiazole rings is 1. The highest BCUT2D eigenvalue weighted by Gasteiger charge is 2.26. The molecule has 0 bridgehead atoms. The van der Waals surface area contributed by atoms with Gasteiger partial charge in [-0.15, -0.1) is 11.3 Å². The number of rotatable bonds is 4. The van der Waals surface area contributed by atoms with Crippen LogP contribution in [-0.4, -0.2) is 29.4 Å². The van der Waals surface area contributed by atoms with Crippen LogP contribution in [0.4, 0.5) is 5.13 Å². The number of aryl methyl sites for hydroxylation is 1. The second-order valence-corrected chi connectivity index (χ2v) is 7.52. The van der Waals surface area contributed by atoms with Crippen molar-refractivity contribution in [3.8, 4) is 11.5 Å². The number of benzene rings is 1. The summed E-state index contributed by atoms with van der Waals surface area (Å²) in [7, 11) is 0. The third-order valence-electron chi connectivity index (χ3n) is 4.41. The van der Waals surface area contributed by atoms with E-state index in [4.69, 9.17) is 14.6 Å². The van der Waals surface area contributed by atoms with Gasteiger partial charge < -0.3 is 19.9 Å². The Balaban J connectivity index is 0.000000613. The van der Waals surface area contributed by atoms with E-state index in [1.807, 2.05) is 25.1 Å².